The molecule has 1 unspecified atom stereocenters. The van der Waals surface area contributed by atoms with Gasteiger partial charge in [0.25, 0.3) is 0 Å². The second-order valence-electron chi connectivity index (χ2n) is 5.67. The normalized spacial score (nSPS) is 13.0. The van der Waals surface area contributed by atoms with Crippen molar-refractivity contribution >= 4 is 22.2 Å². The molecule has 3 aromatic carbocycles. The zero-order valence-electron chi connectivity index (χ0n) is 13.4. The van der Waals surface area contributed by atoms with E-state index in [1.807, 2.05) is 42.5 Å². The van der Waals surface area contributed by atoms with Crippen LogP contribution in [0.25, 0.3) is 0 Å². The van der Waals surface area contributed by atoms with Gasteiger partial charge in [-0.2, -0.15) is 0 Å². The highest BCUT2D eigenvalue weighted by Crippen LogP contribution is 2.36. The van der Waals surface area contributed by atoms with E-state index in [4.69, 9.17) is 4.74 Å². The Hall–Kier alpha value is -2.43. The third-order valence-corrected chi connectivity index (χ3v) is 4.47. The van der Waals surface area contributed by atoms with E-state index in [1.54, 1.807) is 36.4 Å². The molecule has 25 heavy (non-hydrogen) atoms. The highest BCUT2D eigenvalue weighted by Gasteiger charge is 2.34. The second kappa shape index (κ2) is 7.64. The van der Waals surface area contributed by atoms with Gasteiger partial charge in [0.05, 0.1) is 0 Å². The van der Waals surface area contributed by atoms with Crippen molar-refractivity contribution < 1.29 is 14.6 Å². The zero-order valence-corrected chi connectivity index (χ0v) is 15.0. The molecule has 0 aromatic heterocycles. The fraction of sp³-hybridized carbons (Fsp3) is 0.0952. The summed E-state index contributed by atoms with van der Waals surface area (Å²) in [4.78, 5) is 11.8. The van der Waals surface area contributed by atoms with Crippen LogP contribution in [0.4, 0.5) is 0 Å². The molecule has 1 N–H and O–H groups in total. The van der Waals surface area contributed by atoms with Crippen LogP contribution in [0.3, 0.4) is 0 Å². The molecular weight excluding hydrogens is 380 g/mol. The average molecular weight is 397 g/mol. The third kappa shape index (κ3) is 3.81. The van der Waals surface area contributed by atoms with Crippen molar-refractivity contribution in [2.45, 2.75) is 12.2 Å². The molecule has 3 nitrogen and oxygen atoms in total. The van der Waals surface area contributed by atoms with E-state index < -0.39 is 5.60 Å². The lowest BCUT2D eigenvalue weighted by atomic mass is 9.87. The van der Waals surface area contributed by atoms with Gasteiger partial charge in [-0.25, -0.2) is 0 Å². The summed E-state index contributed by atoms with van der Waals surface area (Å²) < 4.78 is 6.66. The fourth-order valence-corrected chi connectivity index (χ4v) is 3.00. The minimum Gasteiger partial charge on any atom is -0.488 e. The van der Waals surface area contributed by atoms with E-state index in [2.05, 4.69) is 15.9 Å². The van der Waals surface area contributed by atoms with Gasteiger partial charge in [-0.1, -0.05) is 76.6 Å². The van der Waals surface area contributed by atoms with Crippen LogP contribution in [0.15, 0.2) is 83.3 Å². The summed E-state index contributed by atoms with van der Waals surface area (Å²) in [6.07, 6.45) is 0.541. The van der Waals surface area contributed by atoms with Crippen LogP contribution in [-0.4, -0.2) is 11.4 Å². The number of benzene rings is 3. The molecule has 0 aliphatic heterocycles. The van der Waals surface area contributed by atoms with E-state index in [1.165, 1.54) is 0 Å². The van der Waals surface area contributed by atoms with Crippen molar-refractivity contribution in [2.24, 2.45) is 0 Å². The van der Waals surface area contributed by atoms with Gasteiger partial charge < -0.3 is 9.84 Å². The van der Waals surface area contributed by atoms with Crippen LogP contribution < -0.4 is 4.74 Å². The molecule has 0 aliphatic carbocycles. The van der Waals surface area contributed by atoms with Crippen molar-refractivity contribution in [3.05, 3.63) is 100 Å². The fourth-order valence-electron chi connectivity index (χ4n) is 2.64. The summed E-state index contributed by atoms with van der Waals surface area (Å²) in [5.74, 6) is 0.463. The highest BCUT2D eigenvalue weighted by molar-refractivity contribution is 9.10. The summed E-state index contributed by atoms with van der Waals surface area (Å²) in [7, 11) is 0. The zero-order chi connectivity index (χ0) is 17.7. The molecule has 0 heterocycles. The van der Waals surface area contributed by atoms with Gasteiger partial charge in [-0.05, 0) is 29.3 Å². The standard InChI is InChI=1S/C21H17BrO3/c22-18-11-12-20(25-14-16-7-3-1-4-8-16)19(13-18)21(24,15-23)17-9-5-2-6-10-17/h1-13,15,24H,14H2. The first kappa shape index (κ1) is 17.4. The van der Waals surface area contributed by atoms with Gasteiger partial charge in [0.1, 0.15) is 12.4 Å². The van der Waals surface area contributed by atoms with Crippen molar-refractivity contribution in [3.8, 4) is 5.75 Å². The number of aliphatic hydroxyl groups is 1. The number of halogens is 1. The maximum Gasteiger partial charge on any atom is 0.174 e. The predicted octanol–water partition coefficient (Wildman–Crippen LogP) is 4.46. The minimum atomic E-state index is -1.78. The Kier molecular flexibility index (Phi) is 5.31. The topological polar surface area (TPSA) is 46.5 Å². The number of ether oxygens (including phenoxy) is 1. The first-order chi connectivity index (χ1) is 12.1. The molecular formula is C21H17BrO3. The molecule has 0 saturated heterocycles. The summed E-state index contributed by atoms with van der Waals surface area (Å²) in [6.45, 7) is 0.346. The Morgan fingerprint density at radius 1 is 0.960 bits per heavy atom. The van der Waals surface area contributed by atoms with Gasteiger partial charge in [0.2, 0.25) is 0 Å². The molecule has 0 aliphatic rings. The SMILES string of the molecule is O=CC(O)(c1ccccc1)c1cc(Br)ccc1OCc1ccccc1. The van der Waals surface area contributed by atoms with Crippen LogP contribution >= 0.6 is 15.9 Å². The Morgan fingerprint density at radius 3 is 2.24 bits per heavy atom. The van der Waals surface area contributed by atoms with Crippen molar-refractivity contribution in [1.29, 1.82) is 0 Å². The summed E-state index contributed by atoms with van der Waals surface area (Å²) >= 11 is 3.40. The van der Waals surface area contributed by atoms with E-state index in [0.717, 1.165) is 10.0 Å². The van der Waals surface area contributed by atoms with Crippen LogP contribution in [0, 0.1) is 0 Å². The number of hydrogen-bond donors (Lipinski definition) is 1. The lowest BCUT2D eigenvalue weighted by Crippen LogP contribution is -2.29. The quantitative estimate of drug-likeness (QED) is 0.625. The number of hydrogen-bond acceptors (Lipinski definition) is 3. The Balaban J connectivity index is 1.99. The molecule has 4 heteroatoms. The Bertz CT molecular complexity index is 850. The smallest absolute Gasteiger partial charge is 0.174 e. The lowest BCUT2D eigenvalue weighted by molar-refractivity contribution is -0.121. The van der Waals surface area contributed by atoms with Gasteiger partial charge in [-0.15, -0.1) is 0 Å². The van der Waals surface area contributed by atoms with Gasteiger partial charge in [0.15, 0.2) is 11.9 Å². The first-order valence-corrected chi connectivity index (χ1v) is 8.64. The van der Waals surface area contributed by atoms with E-state index >= 15 is 0 Å². The molecule has 1 atom stereocenters. The summed E-state index contributed by atoms with van der Waals surface area (Å²) in [6, 6.07) is 23.9. The Morgan fingerprint density at radius 2 is 1.60 bits per heavy atom. The molecule has 0 fully saturated rings. The number of carbonyl (C=O) groups excluding carboxylic acids is 1. The monoisotopic (exact) mass is 396 g/mol. The van der Waals surface area contributed by atoms with E-state index in [0.29, 0.717) is 29.8 Å². The summed E-state index contributed by atoms with van der Waals surface area (Å²) in [5, 5.41) is 11.1. The molecule has 3 rings (SSSR count). The second-order valence-corrected chi connectivity index (χ2v) is 6.58. The van der Waals surface area contributed by atoms with Gasteiger partial charge in [0, 0.05) is 10.0 Å². The molecule has 126 valence electrons. The van der Waals surface area contributed by atoms with Crippen LogP contribution in [0.2, 0.25) is 0 Å². The Labute approximate surface area is 155 Å². The van der Waals surface area contributed by atoms with Crippen molar-refractivity contribution in [3.63, 3.8) is 0 Å². The first-order valence-electron chi connectivity index (χ1n) is 7.84. The molecule has 0 spiro atoms. The number of rotatable bonds is 6. The summed E-state index contributed by atoms with van der Waals surface area (Å²) in [5.41, 5.74) is 0.120. The van der Waals surface area contributed by atoms with Crippen molar-refractivity contribution in [2.75, 3.05) is 0 Å². The van der Waals surface area contributed by atoms with Crippen molar-refractivity contribution in [1.82, 2.24) is 0 Å². The van der Waals surface area contributed by atoms with Crippen LogP contribution in [-0.2, 0) is 17.0 Å². The molecule has 0 saturated carbocycles. The predicted molar refractivity (Wildman–Crippen MR) is 100 cm³/mol. The minimum absolute atomic E-state index is 0.346. The molecule has 0 bridgehead atoms. The largest absolute Gasteiger partial charge is 0.488 e. The van der Waals surface area contributed by atoms with E-state index in [9.17, 15) is 9.90 Å². The van der Waals surface area contributed by atoms with E-state index in [-0.39, 0.29) is 0 Å². The van der Waals surface area contributed by atoms with Crippen LogP contribution in [0.1, 0.15) is 16.7 Å². The number of aldehydes is 1. The third-order valence-electron chi connectivity index (χ3n) is 3.97. The highest BCUT2D eigenvalue weighted by atomic mass is 79.9. The molecule has 3 aromatic rings. The van der Waals surface area contributed by atoms with Gasteiger partial charge >= 0.3 is 0 Å². The average Bonchev–Trinajstić information content (AvgIpc) is 2.68. The van der Waals surface area contributed by atoms with Crippen LogP contribution in [0.5, 0.6) is 5.75 Å². The number of carbonyl (C=O) groups is 1. The van der Waals surface area contributed by atoms with Gasteiger partial charge in [-0.3, -0.25) is 4.79 Å². The molecule has 0 radical (unpaired) electrons. The maximum absolute atomic E-state index is 11.8. The maximum atomic E-state index is 11.8. The lowest BCUT2D eigenvalue weighted by Gasteiger charge is -2.25. The molecule has 0 amide bonds.